The standard InChI is InChI=1S/C20H19Cl2N3O3/c1-27-15-5-4-14(18(11-15)28-2)12-25-19(7-8-23-25)24-20(26)10-13-3-6-16(21)17(22)9-13/h3-9,11H,10,12H2,1-2H3,(H,24,26). The van der Waals surface area contributed by atoms with Gasteiger partial charge in [0.25, 0.3) is 0 Å². The average molecular weight is 420 g/mol. The van der Waals surface area contributed by atoms with Crippen LogP contribution in [0, 0.1) is 0 Å². The van der Waals surface area contributed by atoms with E-state index in [9.17, 15) is 4.79 Å². The van der Waals surface area contributed by atoms with Gasteiger partial charge in [0, 0.05) is 17.7 Å². The molecular weight excluding hydrogens is 401 g/mol. The topological polar surface area (TPSA) is 65.4 Å². The first-order valence-corrected chi connectivity index (χ1v) is 9.22. The van der Waals surface area contributed by atoms with E-state index in [1.165, 1.54) is 0 Å². The molecule has 6 nitrogen and oxygen atoms in total. The Kier molecular flexibility index (Phi) is 6.44. The summed E-state index contributed by atoms with van der Waals surface area (Å²) in [4.78, 5) is 12.4. The van der Waals surface area contributed by atoms with Gasteiger partial charge < -0.3 is 14.8 Å². The van der Waals surface area contributed by atoms with Crippen LogP contribution in [-0.4, -0.2) is 29.9 Å². The SMILES string of the molecule is COc1ccc(Cn2nccc2NC(=O)Cc2ccc(Cl)c(Cl)c2)c(OC)c1. The maximum Gasteiger partial charge on any atom is 0.229 e. The van der Waals surface area contributed by atoms with Crippen LogP contribution >= 0.6 is 23.2 Å². The third-order valence-electron chi connectivity index (χ3n) is 4.15. The molecule has 146 valence electrons. The molecule has 2 aromatic carbocycles. The molecule has 0 fully saturated rings. The summed E-state index contributed by atoms with van der Waals surface area (Å²) in [6, 6.07) is 12.4. The van der Waals surface area contributed by atoms with Crippen molar-refractivity contribution >= 4 is 34.9 Å². The van der Waals surface area contributed by atoms with Crippen LogP contribution in [0.1, 0.15) is 11.1 Å². The zero-order chi connectivity index (χ0) is 20.1. The minimum Gasteiger partial charge on any atom is -0.497 e. The molecule has 1 amide bonds. The van der Waals surface area contributed by atoms with Gasteiger partial charge in [-0.15, -0.1) is 0 Å². The second-order valence-electron chi connectivity index (χ2n) is 6.03. The second kappa shape index (κ2) is 8.99. The van der Waals surface area contributed by atoms with Crippen molar-refractivity contribution in [2.24, 2.45) is 0 Å². The number of nitrogens with zero attached hydrogens (tertiary/aromatic N) is 2. The predicted molar refractivity (Wildman–Crippen MR) is 110 cm³/mol. The van der Waals surface area contributed by atoms with Gasteiger partial charge in [-0.2, -0.15) is 5.10 Å². The van der Waals surface area contributed by atoms with Crippen LogP contribution in [0.2, 0.25) is 10.0 Å². The Labute approximate surface area is 173 Å². The van der Waals surface area contributed by atoms with Crippen LogP contribution < -0.4 is 14.8 Å². The number of carbonyl (C=O) groups excluding carboxylic acids is 1. The number of aromatic nitrogens is 2. The van der Waals surface area contributed by atoms with E-state index in [0.29, 0.717) is 33.9 Å². The molecule has 3 rings (SSSR count). The van der Waals surface area contributed by atoms with Crippen LogP contribution in [0.5, 0.6) is 11.5 Å². The molecule has 1 heterocycles. The van der Waals surface area contributed by atoms with E-state index < -0.39 is 0 Å². The molecule has 28 heavy (non-hydrogen) atoms. The highest BCUT2D eigenvalue weighted by molar-refractivity contribution is 6.42. The Bertz CT molecular complexity index is 989. The van der Waals surface area contributed by atoms with E-state index >= 15 is 0 Å². The Morgan fingerprint density at radius 2 is 1.89 bits per heavy atom. The molecule has 8 heteroatoms. The summed E-state index contributed by atoms with van der Waals surface area (Å²) >= 11 is 11.9. The van der Waals surface area contributed by atoms with Crippen molar-refractivity contribution in [2.45, 2.75) is 13.0 Å². The third-order valence-corrected chi connectivity index (χ3v) is 4.89. The minimum absolute atomic E-state index is 0.175. The van der Waals surface area contributed by atoms with E-state index in [2.05, 4.69) is 10.4 Å². The number of methoxy groups -OCH3 is 2. The highest BCUT2D eigenvalue weighted by Gasteiger charge is 2.12. The van der Waals surface area contributed by atoms with Crippen molar-refractivity contribution in [3.8, 4) is 11.5 Å². The number of anilines is 1. The van der Waals surface area contributed by atoms with Gasteiger partial charge in [-0.05, 0) is 29.8 Å². The highest BCUT2D eigenvalue weighted by atomic mass is 35.5. The van der Waals surface area contributed by atoms with Crippen LogP contribution in [0.15, 0.2) is 48.7 Å². The molecular formula is C20H19Cl2N3O3. The number of carbonyl (C=O) groups is 1. The van der Waals surface area contributed by atoms with Gasteiger partial charge >= 0.3 is 0 Å². The number of hydrogen-bond acceptors (Lipinski definition) is 4. The first-order valence-electron chi connectivity index (χ1n) is 8.46. The fraction of sp³-hybridized carbons (Fsp3) is 0.200. The predicted octanol–water partition coefficient (Wildman–Crippen LogP) is 4.44. The van der Waals surface area contributed by atoms with Crippen molar-refractivity contribution in [3.05, 3.63) is 69.8 Å². The van der Waals surface area contributed by atoms with Crippen molar-refractivity contribution in [1.82, 2.24) is 9.78 Å². The average Bonchev–Trinajstić information content (AvgIpc) is 3.11. The van der Waals surface area contributed by atoms with Gasteiger partial charge in [0.1, 0.15) is 17.3 Å². The minimum atomic E-state index is -0.179. The number of amides is 1. The van der Waals surface area contributed by atoms with Gasteiger partial charge in [-0.3, -0.25) is 4.79 Å². The molecule has 0 radical (unpaired) electrons. The molecule has 1 aromatic heterocycles. The van der Waals surface area contributed by atoms with Gasteiger partial charge in [0.2, 0.25) is 5.91 Å². The maximum absolute atomic E-state index is 12.4. The number of rotatable bonds is 7. The van der Waals surface area contributed by atoms with Crippen LogP contribution in [0.25, 0.3) is 0 Å². The summed E-state index contributed by atoms with van der Waals surface area (Å²) in [5, 5.41) is 8.04. The molecule has 0 atom stereocenters. The molecule has 0 aliphatic heterocycles. The number of nitrogens with one attached hydrogen (secondary N) is 1. The molecule has 0 spiro atoms. The summed E-state index contributed by atoms with van der Waals surface area (Å²) < 4.78 is 12.3. The van der Waals surface area contributed by atoms with E-state index in [4.69, 9.17) is 32.7 Å². The largest absolute Gasteiger partial charge is 0.497 e. The fourth-order valence-corrected chi connectivity index (χ4v) is 3.05. The highest BCUT2D eigenvalue weighted by Crippen LogP contribution is 2.26. The van der Waals surface area contributed by atoms with E-state index in [-0.39, 0.29) is 12.3 Å². The lowest BCUT2D eigenvalue weighted by atomic mass is 10.1. The summed E-state index contributed by atoms with van der Waals surface area (Å²) in [7, 11) is 3.20. The number of hydrogen-bond donors (Lipinski definition) is 1. The Morgan fingerprint density at radius 3 is 2.61 bits per heavy atom. The normalized spacial score (nSPS) is 10.6. The van der Waals surface area contributed by atoms with E-state index in [1.54, 1.807) is 55.4 Å². The molecule has 0 aliphatic carbocycles. The lowest BCUT2D eigenvalue weighted by Gasteiger charge is -2.13. The van der Waals surface area contributed by atoms with E-state index in [0.717, 1.165) is 11.1 Å². The Hall–Kier alpha value is -2.70. The molecule has 3 aromatic rings. The molecule has 0 saturated heterocycles. The summed E-state index contributed by atoms with van der Waals surface area (Å²) in [6.45, 7) is 0.433. The smallest absolute Gasteiger partial charge is 0.229 e. The van der Waals surface area contributed by atoms with Crippen molar-refractivity contribution in [3.63, 3.8) is 0 Å². The maximum atomic E-state index is 12.4. The number of benzene rings is 2. The van der Waals surface area contributed by atoms with Crippen molar-refractivity contribution < 1.29 is 14.3 Å². The zero-order valence-corrected chi connectivity index (χ0v) is 16.9. The van der Waals surface area contributed by atoms with Gasteiger partial charge in [0.15, 0.2) is 0 Å². The first kappa shape index (κ1) is 20.0. The Balaban J connectivity index is 1.71. The van der Waals surface area contributed by atoms with Gasteiger partial charge in [0.05, 0.1) is 43.4 Å². The zero-order valence-electron chi connectivity index (χ0n) is 15.4. The van der Waals surface area contributed by atoms with Crippen LogP contribution in [0.3, 0.4) is 0 Å². The van der Waals surface area contributed by atoms with Gasteiger partial charge in [-0.1, -0.05) is 29.3 Å². The molecule has 0 bridgehead atoms. The second-order valence-corrected chi connectivity index (χ2v) is 6.84. The van der Waals surface area contributed by atoms with Crippen LogP contribution in [-0.2, 0) is 17.8 Å². The quantitative estimate of drug-likeness (QED) is 0.614. The van der Waals surface area contributed by atoms with Crippen molar-refractivity contribution in [1.29, 1.82) is 0 Å². The lowest BCUT2D eigenvalue weighted by molar-refractivity contribution is -0.115. The first-order chi connectivity index (χ1) is 13.5. The Morgan fingerprint density at radius 1 is 1.07 bits per heavy atom. The monoisotopic (exact) mass is 419 g/mol. The number of halogens is 2. The van der Waals surface area contributed by atoms with Crippen LogP contribution in [0.4, 0.5) is 5.82 Å². The fourth-order valence-electron chi connectivity index (χ4n) is 2.73. The molecule has 0 unspecified atom stereocenters. The number of ether oxygens (including phenoxy) is 2. The van der Waals surface area contributed by atoms with Gasteiger partial charge in [-0.25, -0.2) is 4.68 Å². The summed E-state index contributed by atoms with van der Waals surface area (Å²) in [6.07, 6.45) is 1.80. The summed E-state index contributed by atoms with van der Waals surface area (Å²) in [5.74, 6) is 1.80. The van der Waals surface area contributed by atoms with Crippen molar-refractivity contribution in [2.75, 3.05) is 19.5 Å². The lowest BCUT2D eigenvalue weighted by Crippen LogP contribution is -2.18. The van der Waals surface area contributed by atoms with E-state index in [1.807, 2.05) is 12.1 Å². The molecule has 1 N–H and O–H groups in total. The molecule has 0 saturated carbocycles. The third kappa shape index (κ3) is 4.77. The summed E-state index contributed by atoms with van der Waals surface area (Å²) in [5.41, 5.74) is 1.68. The molecule has 0 aliphatic rings.